The Morgan fingerprint density at radius 1 is 1.07 bits per heavy atom. The summed E-state index contributed by atoms with van der Waals surface area (Å²) in [5.41, 5.74) is 0.840. The number of hydrogen-bond donors (Lipinski definition) is 1. The molecular weight excluding hydrogens is 384 g/mol. The first-order chi connectivity index (χ1) is 12.9. The summed E-state index contributed by atoms with van der Waals surface area (Å²) in [6, 6.07) is 14.2. The molecular formula is C20H23ClN2O3S. The van der Waals surface area contributed by atoms with E-state index in [1.54, 1.807) is 12.1 Å². The van der Waals surface area contributed by atoms with Crippen LogP contribution in [0, 0.1) is 0 Å². The zero-order chi connectivity index (χ0) is 19.4. The van der Waals surface area contributed by atoms with Crippen molar-refractivity contribution in [3.8, 4) is 0 Å². The second-order valence-electron chi connectivity index (χ2n) is 6.68. The highest BCUT2D eigenvalue weighted by molar-refractivity contribution is 7.89. The minimum absolute atomic E-state index is 0.131. The molecule has 0 aromatic heterocycles. The van der Waals surface area contributed by atoms with Crippen molar-refractivity contribution in [3.63, 3.8) is 0 Å². The van der Waals surface area contributed by atoms with Gasteiger partial charge in [-0.3, -0.25) is 4.79 Å². The third-order valence-corrected chi connectivity index (χ3v) is 7.11. The second kappa shape index (κ2) is 8.42. The van der Waals surface area contributed by atoms with Crippen LogP contribution in [0.1, 0.15) is 37.8 Å². The highest BCUT2D eigenvalue weighted by Crippen LogP contribution is 2.32. The molecule has 0 saturated carbocycles. The van der Waals surface area contributed by atoms with Crippen molar-refractivity contribution in [1.29, 1.82) is 0 Å². The van der Waals surface area contributed by atoms with Crippen LogP contribution in [0.15, 0.2) is 59.5 Å². The van der Waals surface area contributed by atoms with Crippen LogP contribution in [0.2, 0.25) is 5.02 Å². The Hall–Kier alpha value is -1.89. The molecule has 3 rings (SSSR count). The molecule has 1 aliphatic heterocycles. The van der Waals surface area contributed by atoms with Gasteiger partial charge in [0.2, 0.25) is 15.9 Å². The maximum atomic E-state index is 13.5. The van der Waals surface area contributed by atoms with E-state index >= 15 is 0 Å². The van der Waals surface area contributed by atoms with Gasteiger partial charge in [-0.25, -0.2) is 8.42 Å². The van der Waals surface area contributed by atoms with E-state index in [2.05, 4.69) is 5.32 Å². The van der Waals surface area contributed by atoms with Crippen LogP contribution >= 0.6 is 11.6 Å². The average Bonchev–Trinajstić information content (AvgIpc) is 2.87. The topological polar surface area (TPSA) is 66.5 Å². The number of amides is 1. The first-order valence-corrected chi connectivity index (χ1v) is 10.8. The number of hydrogen-bond acceptors (Lipinski definition) is 3. The number of halogens is 1. The second-order valence-corrected chi connectivity index (χ2v) is 8.96. The highest BCUT2D eigenvalue weighted by Gasteiger charge is 2.40. The molecule has 2 aromatic carbocycles. The van der Waals surface area contributed by atoms with E-state index in [4.69, 9.17) is 11.6 Å². The molecule has 0 aliphatic carbocycles. The maximum Gasteiger partial charge on any atom is 0.244 e. The zero-order valence-corrected chi connectivity index (χ0v) is 16.7. The van der Waals surface area contributed by atoms with E-state index in [-0.39, 0.29) is 10.8 Å². The molecule has 2 atom stereocenters. The van der Waals surface area contributed by atoms with Gasteiger partial charge in [0.25, 0.3) is 0 Å². The van der Waals surface area contributed by atoms with Crippen LogP contribution in [-0.2, 0) is 14.8 Å². The number of nitrogens with zero attached hydrogens (tertiary/aromatic N) is 1. The lowest BCUT2D eigenvalue weighted by atomic mass is 10.1. The lowest BCUT2D eigenvalue weighted by Crippen LogP contribution is -2.49. The number of rotatable bonds is 5. The fourth-order valence-corrected chi connectivity index (χ4v) is 5.34. The molecule has 0 spiro atoms. The number of nitrogens with one attached hydrogen (secondary N) is 1. The molecule has 5 nitrogen and oxygen atoms in total. The minimum atomic E-state index is -3.90. The van der Waals surface area contributed by atoms with Crippen molar-refractivity contribution in [1.82, 2.24) is 9.62 Å². The molecule has 7 heteroatoms. The summed E-state index contributed by atoms with van der Waals surface area (Å²) in [7, 11) is -3.90. The molecule has 144 valence electrons. The summed E-state index contributed by atoms with van der Waals surface area (Å²) in [6.07, 6.45) is 2.13. The van der Waals surface area contributed by atoms with Gasteiger partial charge in [-0.1, -0.05) is 41.9 Å². The fraction of sp³-hybridized carbons (Fsp3) is 0.350. The SMILES string of the molecule is CC(c1ccccc1)N(C1CCCCNC1=O)S(=O)(=O)c1ccc(Cl)cc1. The number of benzene rings is 2. The third kappa shape index (κ3) is 4.34. The summed E-state index contributed by atoms with van der Waals surface area (Å²) in [5, 5.41) is 3.31. The van der Waals surface area contributed by atoms with E-state index in [1.165, 1.54) is 16.4 Å². The fourth-order valence-electron chi connectivity index (χ4n) is 3.42. The van der Waals surface area contributed by atoms with Gasteiger partial charge in [0.15, 0.2) is 0 Å². The first kappa shape index (κ1) is 19.9. The van der Waals surface area contributed by atoms with E-state index in [0.29, 0.717) is 18.0 Å². The first-order valence-electron chi connectivity index (χ1n) is 9.03. The van der Waals surface area contributed by atoms with Gasteiger partial charge >= 0.3 is 0 Å². The summed E-state index contributed by atoms with van der Waals surface area (Å²) in [4.78, 5) is 12.8. The van der Waals surface area contributed by atoms with Crippen LogP contribution in [-0.4, -0.2) is 31.2 Å². The van der Waals surface area contributed by atoms with E-state index in [1.807, 2.05) is 37.3 Å². The Balaban J connectivity index is 2.08. The van der Waals surface area contributed by atoms with E-state index in [0.717, 1.165) is 18.4 Å². The van der Waals surface area contributed by atoms with Gasteiger partial charge in [0, 0.05) is 17.6 Å². The maximum absolute atomic E-state index is 13.5. The molecule has 2 aromatic rings. The quantitative estimate of drug-likeness (QED) is 0.822. The molecule has 1 fully saturated rings. The van der Waals surface area contributed by atoms with Crippen molar-refractivity contribution in [2.45, 2.75) is 43.2 Å². The van der Waals surface area contributed by atoms with Crippen molar-refractivity contribution < 1.29 is 13.2 Å². The minimum Gasteiger partial charge on any atom is -0.355 e. The summed E-state index contributed by atoms with van der Waals surface area (Å²) < 4.78 is 28.4. The van der Waals surface area contributed by atoms with E-state index < -0.39 is 22.1 Å². The Morgan fingerprint density at radius 3 is 2.41 bits per heavy atom. The molecule has 1 saturated heterocycles. The summed E-state index contributed by atoms with van der Waals surface area (Å²) in [5.74, 6) is -0.243. The highest BCUT2D eigenvalue weighted by atomic mass is 35.5. The third-order valence-electron chi connectivity index (χ3n) is 4.87. The number of carbonyl (C=O) groups is 1. The van der Waals surface area contributed by atoms with Gasteiger partial charge in [0.05, 0.1) is 4.90 Å². The molecule has 1 N–H and O–H groups in total. The van der Waals surface area contributed by atoms with Crippen LogP contribution < -0.4 is 5.32 Å². The summed E-state index contributed by atoms with van der Waals surface area (Å²) in [6.45, 7) is 2.39. The molecule has 0 bridgehead atoms. The average molecular weight is 407 g/mol. The Bertz CT molecular complexity index is 885. The zero-order valence-electron chi connectivity index (χ0n) is 15.1. The predicted octanol–water partition coefficient (Wildman–Crippen LogP) is 3.76. The molecule has 27 heavy (non-hydrogen) atoms. The monoisotopic (exact) mass is 406 g/mol. The Kier molecular flexibility index (Phi) is 6.19. The lowest BCUT2D eigenvalue weighted by molar-refractivity contribution is -0.125. The number of sulfonamides is 1. The molecule has 1 aliphatic rings. The van der Waals surface area contributed by atoms with E-state index in [9.17, 15) is 13.2 Å². The Labute approximate surface area is 165 Å². The van der Waals surface area contributed by atoms with Gasteiger partial charge < -0.3 is 5.32 Å². The standard InChI is InChI=1S/C20H23ClN2O3S/c1-15(16-7-3-2-4-8-16)23(19-9-5-6-14-22-20(19)24)27(25,26)18-12-10-17(21)11-13-18/h2-4,7-8,10-13,15,19H,5-6,9,14H2,1H3,(H,22,24). The van der Waals surface area contributed by atoms with Gasteiger partial charge in [-0.05, 0) is 56.0 Å². The van der Waals surface area contributed by atoms with Crippen molar-refractivity contribution in [2.24, 2.45) is 0 Å². The van der Waals surface area contributed by atoms with Crippen molar-refractivity contribution >= 4 is 27.5 Å². The molecule has 2 unspecified atom stereocenters. The van der Waals surface area contributed by atoms with Crippen LogP contribution in [0.4, 0.5) is 0 Å². The number of carbonyl (C=O) groups excluding carboxylic acids is 1. The van der Waals surface area contributed by atoms with Crippen LogP contribution in [0.5, 0.6) is 0 Å². The summed E-state index contributed by atoms with van der Waals surface area (Å²) >= 11 is 5.92. The lowest BCUT2D eigenvalue weighted by Gasteiger charge is -2.34. The van der Waals surface area contributed by atoms with Gasteiger partial charge in [-0.15, -0.1) is 0 Å². The van der Waals surface area contributed by atoms with Gasteiger partial charge in [0.1, 0.15) is 6.04 Å². The molecule has 1 heterocycles. The van der Waals surface area contributed by atoms with Crippen LogP contribution in [0.25, 0.3) is 0 Å². The predicted molar refractivity (Wildman–Crippen MR) is 106 cm³/mol. The smallest absolute Gasteiger partial charge is 0.244 e. The molecule has 1 amide bonds. The largest absolute Gasteiger partial charge is 0.355 e. The van der Waals surface area contributed by atoms with Crippen molar-refractivity contribution in [3.05, 3.63) is 65.2 Å². The Morgan fingerprint density at radius 2 is 1.74 bits per heavy atom. The van der Waals surface area contributed by atoms with Gasteiger partial charge in [-0.2, -0.15) is 4.31 Å². The van der Waals surface area contributed by atoms with Crippen molar-refractivity contribution in [2.75, 3.05) is 6.54 Å². The normalized spacial score (nSPS) is 19.4. The molecule has 0 radical (unpaired) electrons. The van der Waals surface area contributed by atoms with Crippen LogP contribution in [0.3, 0.4) is 0 Å².